The van der Waals surface area contributed by atoms with Crippen molar-refractivity contribution in [3.8, 4) is 0 Å². The minimum atomic E-state index is -1.08. The topological polar surface area (TPSA) is 45.5 Å². The van der Waals surface area contributed by atoms with Crippen molar-refractivity contribution < 1.29 is 14.2 Å². The Labute approximate surface area is 139 Å². The predicted octanol–water partition coefficient (Wildman–Crippen LogP) is 3.95. The summed E-state index contributed by atoms with van der Waals surface area (Å²) in [5, 5.41) is 5.70. The van der Waals surface area contributed by atoms with Crippen molar-refractivity contribution >= 4 is 19.0 Å². The van der Waals surface area contributed by atoms with E-state index in [-0.39, 0.29) is 0 Å². The first-order valence-corrected chi connectivity index (χ1v) is 11.7. The van der Waals surface area contributed by atoms with Gasteiger partial charge in [-0.1, -0.05) is 31.8 Å². The molecule has 0 fully saturated rings. The van der Waals surface area contributed by atoms with Gasteiger partial charge in [-0.2, -0.15) is 5.10 Å². The monoisotopic (exact) mass is 336 g/mol. The molecule has 0 aliphatic rings. The number of aryl methyl sites for hydroxylation is 1. The third kappa shape index (κ3) is 4.63. The van der Waals surface area contributed by atoms with Gasteiger partial charge in [0.05, 0.1) is 5.52 Å². The third-order valence-electron chi connectivity index (χ3n) is 3.80. The van der Waals surface area contributed by atoms with Crippen LogP contribution in [0.15, 0.2) is 18.2 Å². The lowest BCUT2D eigenvalue weighted by atomic mass is 10.1. The third-order valence-corrected chi connectivity index (χ3v) is 5.50. The van der Waals surface area contributed by atoms with E-state index >= 15 is 0 Å². The highest BCUT2D eigenvalue weighted by Gasteiger charge is 2.19. The van der Waals surface area contributed by atoms with Crippen LogP contribution in [0, 0.1) is 6.92 Å². The summed E-state index contributed by atoms with van der Waals surface area (Å²) in [6.07, 6.45) is -0.469. The summed E-state index contributed by atoms with van der Waals surface area (Å²) >= 11 is 0. The van der Waals surface area contributed by atoms with Gasteiger partial charge in [0.25, 0.3) is 0 Å². The van der Waals surface area contributed by atoms with E-state index < -0.39 is 14.4 Å². The molecule has 128 valence electrons. The second-order valence-corrected chi connectivity index (χ2v) is 12.7. The molecule has 0 saturated heterocycles. The SMILES string of the molecule is COC(OC)c1nn(COCC[Si](C)(C)C)c2cc(C)ccc12. The lowest BCUT2D eigenvalue weighted by Crippen LogP contribution is -2.22. The van der Waals surface area contributed by atoms with E-state index in [1.807, 2.05) is 4.68 Å². The Morgan fingerprint density at radius 3 is 2.48 bits per heavy atom. The fraction of sp³-hybridized carbons (Fsp3) is 0.588. The molecule has 6 heteroatoms. The van der Waals surface area contributed by atoms with Crippen molar-refractivity contribution in [2.75, 3.05) is 20.8 Å². The first-order valence-electron chi connectivity index (χ1n) is 7.96. The second kappa shape index (κ2) is 7.57. The smallest absolute Gasteiger partial charge is 0.203 e. The van der Waals surface area contributed by atoms with Crippen LogP contribution < -0.4 is 0 Å². The molecule has 5 nitrogen and oxygen atoms in total. The highest BCUT2D eigenvalue weighted by atomic mass is 28.3. The van der Waals surface area contributed by atoms with Crippen molar-refractivity contribution in [1.29, 1.82) is 0 Å². The highest BCUT2D eigenvalue weighted by molar-refractivity contribution is 6.76. The van der Waals surface area contributed by atoms with Gasteiger partial charge in [0, 0.05) is 34.3 Å². The van der Waals surface area contributed by atoms with Crippen LogP contribution in [0.5, 0.6) is 0 Å². The molecule has 0 spiro atoms. The van der Waals surface area contributed by atoms with E-state index in [1.54, 1.807) is 14.2 Å². The van der Waals surface area contributed by atoms with Gasteiger partial charge < -0.3 is 14.2 Å². The molecule has 23 heavy (non-hydrogen) atoms. The zero-order valence-corrected chi connectivity index (χ0v) is 16.0. The van der Waals surface area contributed by atoms with Crippen LogP contribution in [0.3, 0.4) is 0 Å². The zero-order valence-electron chi connectivity index (χ0n) is 15.0. The van der Waals surface area contributed by atoms with Gasteiger partial charge in [-0.05, 0) is 24.6 Å². The normalized spacial score (nSPS) is 12.5. The summed E-state index contributed by atoms with van der Waals surface area (Å²) in [6, 6.07) is 7.41. The molecule has 0 radical (unpaired) electrons. The Bertz CT molecular complexity index is 645. The molecule has 1 aromatic heterocycles. The van der Waals surface area contributed by atoms with Crippen molar-refractivity contribution in [2.45, 2.75) is 45.6 Å². The van der Waals surface area contributed by atoms with E-state index in [9.17, 15) is 0 Å². The molecule has 0 N–H and O–H groups in total. The molecule has 0 saturated carbocycles. The molecule has 2 aromatic rings. The molecule has 0 aliphatic heterocycles. The highest BCUT2D eigenvalue weighted by Crippen LogP contribution is 2.27. The minimum absolute atomic E-state index is 0.449. The van der Waals surface area contributed by atoms with Gasteiger partial charge in [0.15, 0.2) is 0 Å². The minimum Gasteiger partial charge on any atom is -0.360 e. The first kappa shape index (κ1) is 18.1. The molecule has 1 aromatic carbocycles. The summed E-state index contributed by atoms with van der Waals surface area (Å²) < 4.78 is 18.5. The number of hydrogen-bond donors (Lipinski definition) is 0. The Morgan fingerprint density at radius 2 is 1.87 bits per heavy atom. The van der Waals surface area contributed by atoms with Gasteiger partial charge in [0.2, 0.25) is 6.29 Å². The van der Waals surface area contributed by atoms with Crippen LogP contribution in [0.4, 0.5) is 0 Å². The fourth-order valence-electron chi connectivity index (χ4n) is 2.43. The molecule has 0 aliphatic carbocycles. The molecule has 1 heterocycles. The van der Waals surface area contributed by atoms with E-state index in [2.05, 4.69) is 49.9 Å². The summed E-state index contributed by atoms with van der Waals surface area (Å²) in [4.78, 5) is 0. The molecular formula is C17H28N2O3Si. The van der Waals surface area contributed by atoms with Crippen LogP contribution in [0.25, 0.3) is 10.9 Å². The molecule has 0 unspecified atom stereocenters. The van der Waals surface area contributed by atoms with Crippen molar-refractivity contribution in [3.63, 3.8) is 0 Å². The Kier molecular flexibility index (Phi) is 5.97. The van der Waals surface area contributed by atoms with Crippen molar-refractivity contribution in [2.24, 2.45) is 0 Å². The molecule has 2 rings (SSSR count). The Morgan fingerprint density at radius 1 is 1.17 bits per heavy atom. The van der Waals surface area contributed by atoms with Crippen LogP contribution >= 0.6 is 0 Å². The quantitative estimate of drug-likeness (QED) is 0.416. The lowest BCUT2D eigenvalue weighted by molar-refractivity contribution is -0.108. The standard InChI is InChI=1S/C17H28N2O3Si/c1-13-7-8-14-15(11-13)19(12-22-9-10-23(4,5)6)18-16(14)17(20-2)21-3/h7-8,11,17H,9-10,12H2,1-6H3. The number of benzene rings is 1. The van der Waals surface area contributed by atoms with E-state index in [0.717, 1.165) is 29.2 Å². The zero-order chi connectivity index (χ0) is 17.0. The molecule has 0 atom stereocenters. The average molecular weight is 337 g/mol. The van der Waals surface area contributed by atoms with E-state index in [0.29, 0.717) is 6.73 Å². The van der Waals surface area contributed by atoms with Gasteiger partial charge in [-0.3, -0.25) is 0 Å². The second-order valence-electron chi connectivity index (χ2n) is 7.06. The molecule has 0 amide bonds. The average Bonchev–Trinajstić information content (AvgIpc) is 2.82. The Hall–Kier alpha value is -1.21. The number of rotatable bonds is 8. The maximum Gasteiger partial charge on any atom is 0.203 e. The van der Waals surface area contributed by atoms with Crippen molar-refractivity contribution in [1.82, 2.24) is 9.78 Å². The molecular weight excluding hydrogens is 308 g/mol. The fourth-order valence-corrected chi connectivity index (χ4v) is 3.19. The summed E-state index contributed by atoms with van der Waals surface area (Å²) in [5.41, 5.74) is 3.03. The molecule has 0 bridgehead atoms. The lowest BCUT2D eigenvalue weighted by Gasteiger charge is -2.15. The number of nitrogens with zero attached hydrogens (tertiary/aromatic N) is 2. The van der Waals surface area contributed by atoms with Crippen LogP contribution in [-0.4, -0.2) is 38.7 Å². The largest absolute Gasteiger partial charge is 0.360 e. The first-order chi connectivity index (χ1) is 10.9. The van der Waals surface area contributed by atoms with Gasteiger partial charge in [0.1, 0.15) is 12.4 Å². The van der Waals surface area contributed by atoms with Crippen LogP contribution in [-0.2, 0) is 20.9 Å². The maximum absolute atomic E-state index is 5.86. The number of fused-ring (bicyclic) bond motifs is 1. The number of hydrogen-bond acceptors (Lipinski definition) is 4. The van der Waals surface area contributed by atoms with Gasteiger partial charge in [-0.15, -0.1) is 0 Å². The summed E-state index contributed by atoms with van der Waals surface area (Å²) in [6.45, 7) is 10.3. The van der Waals surface area contributed by atoms with E-state index in [4.69, 9.17) is 14.2 Å². The summed E-state index contributed by atoms with van der Waals surface area (Å²) in [7, 11) is 2.17. The number of aromatic nitrogens is 2. The van der Waals surface area contributed by atoms with E-state index in [1.165, 1.54) is 5.56 Å². The van der Waals surface area contributed by atoms with Crippen LogP contribution in [0.1, 0.15) is 17.5 Å². The Balaban J connectivity index is 2.23. The maximum atomic E-state index is 5.86. The van der Waals surface area contributed by atoms with Gasteiger partial charge >= 0.3 is 0 Å². The van der Waals surface area contributed by atoms with Crippen LogP contribution in [0.2, 0.25) is 25.7 Å². The van der Waals surface area contributed by atoms with Gasteiger partial charge in [-0.25, -0.2) is 4.68 Å². The van der Waals surface area contributed by atoms with Crippen molar-refractivity contribution in [3.05, 3.63) is 29.5 Å². The predicted molar refractivity (Wildman–Crippen MR) is 95.3 cm³/mol. The summed E-state index contributed by atoms with van der Waals surface area (Å²) in [5.74, 6) is 0. The number of methoxy groups -OCH3 is 2. The number of ether oxygens (including phenoxy) is 3.